The van der Waals surface area contributed by atoms with Crippen LogP contribution < -0.4 is 5.32 Å². The second-order valence-corrected chi connectivity index (χ2v) is 5.43. The van der Waals surface area contributed by atoms with Gasteiger partial charge in [-0.1, -0.05) is 0 Å². The van der Waals surface area contributed by atoms with Gasteiger partial charge in [-0.3, -0.25) is 5.32 Å². The zero-order valence-corrected chi connectivity index (χ0v) is 11.7. The Kier molecular flexibility index (Phi) is 4.61. The molecule has 0 unspecified atom stereocenters. The van der Waals surface area contributed by atoms with Crippen molar-refractivity contribution in [2.45, 2.75) is 32.8 Å². The van der Waals surface area contributed by atoms with Crippen molar-refractivity contribution in [3.05, 3.63) is 22.3 Å². The molecule has 0 aromatic carbocycles. The van der Waals surface area contributed by atoms with Crippen LogP contribution in [0.5, 0.6) is 0 Å². The van der Waals surface area contributed by atoms with E-state index in [-0.39, 0.29) is 11.4 Å². The zero-order chi connectivity index (χ0) is 13.9. The smallest absolute Gasteiger partial charge is 0.413 e. The number of hydrogen-bond acceptors (Lipinski definition) is 3. The highest BCUT2D eigenvalue weighted by molar-refractivity contribution is 9.10. The van der Waals surface area contributed by atoms with Crippen molar-refractivity contribution in [2.75, 3.05) is 5.32 Å². The predicted molar refractivity (Wildman–Crippen MR) is 66.8 cm³/mol. The second kappa shape index (κ2) is 5.60. The Bertz CT molecular complexity index is 447. The maximum atomic E-state index is 12.7. The number of pyridine rings is 1. The van der Waals surface area contributed by atoms with Crippen molar-refractivity contribution in [1.82, 2.24) is 4.98 Å². The van der Waals surface area contributed by atoms with Crippen LogP contribution in [0.2, 0.25) is 0 Å². The van der Waals surface area contributed by atoms with Crippen LogP contribution in [0.1, 0.15) is 32.8 Å². The third-order valence-electron chi connectivity index (χ3n) is 1.74. The van der Waals surface area contributed by atoms with Crippen LogP contribution in [-0.4, -0.2) is 16.7 Å². The highest BCUT2D eigenvalue weighted by Gasteiger charge is 2.20. The number of nitrogens with one attached hydrogen (secondary N) is 1. The summed E-state index contributed by atoms with van der Waals surface area (Å²) in [7, 11) is 0. The van der Waals surface area contributed by atoms with Gasteiger partial charge in [0.05, 0.1) is 5.56 Å². The number of alkyl halides is 2. The molecule has 0 radical (unpaired) electrons. The van der Waals surface area contributed by atoms with Gasteiger partial charge in [0.15, 0.2) is 0 Å². The molecular formula is C11H13BrF2N2O2. The lowest BCUT2D eigenvalue weighted by molar-refractivity contribution is 0.0634. The fraction of sp³-hybridized carbons (Fsp3) is 0.455. The first-order chi connectivity index (χ1) is 8.19. The summed E-state index contributed by atoms with van der Waals surface area (Å²) in [4.78, 5) is 15.2. The summed E-state index contributed by atoms with van der Waals surface area (Å²) >= 11 is 3.04. The summed E-state index contributed by atoms with van der Waals surface area (Å²) < 4.78 is 30.9. The molecule has 1 amide bonds. The Hall–Kier alpha value is -1.24. The molecule has 7 heteroatoms. The first-order valence-electron chi connectivity index (χ1n) is 5.12. The Morgan fingerprint density at radius 3 is 2.61 bits per heavy atom. The van der Waals surface area contributed by atoms with Crippen molar-refractivity contribution in [3.8, 4) is 0 Å². The number of rotatable bonds is 2. The number of anilines is 1. The summed E-state index contributed by atoms with van der Waals surface area (Å²) in [5.41, 5.74) is -1.07. The number of hydrogen-bond donors (Lipinski definition) is 1. The van der Waals surface area contributed by atoms with Crippen LogP contribution >= 0.6 is 15.9 Å². The van der Waals surface area contributed by atoms with Gasteiger partial charge in [-0.25, -0.2) is 18.6 Å². The van der Waals surface area contributed by atoms with Crippen LogP contribution in [0.4, 0.5) is 19.4 Å². The Morgan fingerprint density at radius 1 is 1.50 bits per heavy atom. The normalized spacial score (nSPS) is 11.5. The van der Waals surface area contributed by atoms with Gasteiger partial charge in [0.2, 0.25) is 0 Å². The zero-order valence-electron chi connectivity index (χ0n) is 10.1. The lowest BCUT2D eigenvalue weighted by atomic mass is 10.2. The highest BCUT2D eigenvalue weighted by Crippen LogP contribution is 2.28. The fourth-order valence-electron chi connectivity index (χ4n) is 1.13. The molecule has 0 fully saturated rings. The third-order valence-corrected chi connectivity index (χ3v) is 2.17. The Balaban J connectivity index is 2.88. The molecular weight excluding hydrogens is 310 g/mol. The van der Waals surface area contributed by atoms with Crippen LogP contribution in [0.3, 0.4) is 0 Å². The minimum Gasteiger partial charge on any atom is -0.444 e. The molecule has 0 spiro atoms. The van der Waals surface area contributed by atoms with Gasteiger partial charge >= 0.3 is 6.09 Å². The number of halogens is 3. The number of ether oxygens (including phenoxy) is 1. The van der Waals surface area contributed by atoms with Crippen molar-refractivity contribution >= 4 is 27.8 Å². The number of aromatic nitrogens is 1. The van der Waals surface area contributed by atoms with Crippen molar-refractivity contribution in [1.29, 1.82) is 0 Å². The van der Waals surface area contributed by atoms with Gasteiger partial charge < -0.3 is 4.74 Å². The first-order valence-corrected chi connectivity index (χ1v) is 5.92. The summed E-state index contributed by atoms with van der Waals surface area (Å²) in [5, 5.41) is 2.20. The molecule has 1 heterocycles. The molecule has 1 N–H and O–H groups in total. The maximum absolute atomic E-state index is 12.7. The summed E-state index contributed by atoms with van der Waals surface area (Å²) in [6.07, 6.45) is -2.24. The molecule has 1 aromatic rings. The molecule has 0 atom stereocenters. The third kappa shape index (κ3) is 4.56. The Morgan fingerprint density at radius 2 is 2.11 bits per heavy atom. The molecule has 4 nitrogen and oxygen atoms in total. The Labute approximate surface area is 112 Å². The van der Waals surface area contributed by atoms with E-state index in [0.29, 0.717) is 4.47 Å². The largest absolute Gasteiger partial charge is 0.444 e. The number of nitrogens with zero attached hydrogens (tertiary/aromatic N) is 1. The number of carbonyl (C=O) groups is 1. The molecule has 0 aliphatic carbocycles. The molecule has 0 saturated heterocycles. The average molecular weight is 323 g/mol. The quantitative estimate of drug-likeness (QED) is 0.890. The van der Waals surface area contributed by atoms with Crippen LogP contribution in [0, 0.1) is 0 Å². The molecule has 0 bridgehead atoms. The lowest BCUT2D eigenvalue weighted by Crippen LogP contribution is -2.27. The number of carbonyl (C=O) groups excluding carboxylic acids is 1. The fourth-order valence-corrected chi connectivity index (χ4v) is 1.48. The van der Waals surface area contributed by atoms with Gasteiger partial charge in [0, 0.05) is 10.7 Å². The summed E-state index contributed by atoms with van der Waals surface area (Å²) in [5.74, 6) is -0.206. The second-order valence-electron chi connectivity index (χ2n) is 4.52. The summed E-state index contributed by atoms with van der Waals surface area (Å²) in [6.45, 7) is 5.03. The highest BCUT2D eigenvalue weighted by atomic mass is 79.9. The van der Waals surface area contributed by atoms with Gasteiger partial charge in [0.1, 0.15) is 11.4 Å². The molecule has 0 saturated carbocycles. The van der Waals surface area contributed by atoms with Crippen molar-refractivity contribution in [3.63, 3.8) is 0 Å². The van der Waals surface area contributed by atoms with E-state index in [4.69, 9.17) is 4.74 Å². The van der Waals surface area contributed by atoms with E-state index in [1.54, 1.807) is 20.8 Å². The molecule has 1 aromatic heterocycles. The van der Waals surface area contributed by atoms with Crippen molar-refractivity contribution < 1.29 is 18.3 Å². The SMILES string of the molecule is CC(C)(C)OC(=O)Nc1ncc(Br)cc1C(F)F. The maximum Gasteiger partial charge on any atom is 0.413 e. The lowest BCUT2D eigenvalue weighted by Gasteiger charge is -2.20. The minimum atomic E-state index is -2.74. The van der Waals surface area contributed by atoms with E-state index >= 15 is 0 Å². The van der Waals surface area contributed by atoms with Gasteiger partial charge in [0.25, 0.3) is 6.43 Å². The monoisotopic (exact) mass is 322 g/mol. The standard InChI is InChI=1S/C11H13BrF2N2O2/c1-11(2,3)18-10(17)16-9-7(8(13)14)4-6(12)5-15-9/h4-5,8H,1-3H3,(H,15,16,17). The molecule has 18 heavy (non-hydrogen) atoms. The molecule has 100 valence electrons. The summed E-state index contributed by atoms with van der Waals surface area (Å²) in [6, 6.07) is 1.20. The van der Waals surface area contributed by atoms with E-state index in [2.05, 4.69) is 26.2 Å². The van der Waals surface area contributed by atoms with E-state index in [1.165, 1.54) is 12.3 Å². The molecule has 0 aliphatic heterocycles. The average Bonchev–Trinajstić information content (AvgIpc) is 2.17. The van der Waals surface area contributed by atoms with E-state index in [0.717, 1.165) is 0 Å². The molecule has 0 aliphatic rings. The van der Waals surface area contributed by atoms with E-state index in [1.807, 2.05) is 0 Å². The van der Waals surface area contributed by atoms with Gasteiger partial charge in [-0.15, -0.1) is 0 Å². The minimum absolute atomic E-state index is 0.206. The van der Waals surface area contributed by atoms with E-state index < -0.39 is 18.1 Å². The van der Waals surface area contributed by atoms with Gasteiger partial charge in [-0.2, -0.15) is 0 Å². The van der Waals surface area contributed by atoms with Crippen LogP contribution in [0.25, 0.3) is 0 Å². The van der Waals surface area contributed by atoms with Crippen LogP contribution in [0.15, 0.2) is 16.7 Å². The topological polar surface area (TPSA) is 51.2 Å². The van der Waals surface area contributed by atoms with Crippen molar-refractivity contribution in [2.24, 2.45) is 0 Å². The number of amides is 1. The predicted octanol–water partition coefficient (Wildman–Crippen LogP) is 4.13. The first kappa shape index (κ1) is 14.8. The van der Waals surface area contributed by atoms with Crippen LogP contribution in [-0.2, 0) is 4.74 Å². The molecule has 1 rings (SSSR count). The van der Waals surface area contributed by atoms with E-state index in [9.17, 15) is 13.6 Å². The van der Waals surface area contributed by atoms with Gasteiger partial charge in [-0.05, 0) is 42.8 Å².